The number of thiophene rings is 1. The van der Waals surface area contributed by atoms with E-state index in [1.807, 2.05) is 6.92 Å². The Labute approximate surface area is 194 Å². The van der Waals surface area contributed by atoms with Crippen LogP contribution >= 0.6 is 11.3 Å². The number of piperidine rings is 1. The van der Waals surface area contributed by atoms with E-state index in [0.717, 1.165) is 64.0 Å². The average molecular weight is 469 g/mol. The van der Waals surface area contributed by atoms with Crippen LogP contribution in [-0.2, 0) is 6.54 Å². The van der Waals surface area contributed by atoms with E-state index in [0.29, 0.717) is 12.1 Å². The zero-order valence-corrected chi connectivity index (χ0v) is 18.9. The molecule has 1 aliphatic rings. The number of fused-ring (bicyclic) bond motifs is 1. The number of benzene rings is 2. The van der Waals surface area contributed by atoms with Gasteiger partial charge in [-0.05, 0) is 55.2 Å². The lowest BCUT2D eigenvalue weighted by molar-refractivity contribution is 0.211. The molecule has 0 spiro atoms. The van der Waals surface area contributed by atoms with E-state index in [1.165, 1.54) is 24.3 Å². The fourth-order valence-corrected chi connectivity index (χ4v) is 5.52. The molecule has 33 heavy (non-hydrogen) atoms. The van der Waals surface area contributed by atoms with Gasteiger partial charge in [0.2, 0.25) is 0 Å². The molecule has 3 heterocycles. The molecule has 1 N–H and O–H groups in total. The van der Waals surface area contributed by atoms with E-state index >= 15 is 0 Å². The summed E-state index contributed by atoms with van der Waals surface area (Å²) in [5.74, 6) is -0.567. The Morgan fingerprint density at radius 3 is 2.36 bits per heavy atom. The zero-order valence-electron chi connectivity index (χ0n) is 18.1. The maximum Gasteiger partial charge on any atom is 0.139 e. The predicted octanol–water partition coefficient (Wildman–Crippen LogP) is 6.16. The Morgan fingerprint density at radius 1 is 0.970 bits per heavy atom. The van der Waals surface area contributed by atoms with E-state index in [4.69, 9.17) is 0 Å². The van der Waals surface area contributed by atoms with E-state index in [-0.39, 0.29) is 11.9 Å². The van der Waals surface area contributed by atoms with Crippen LogP contribution in [0.15, 0.2) is 48.8 Å². The molecule has 0 saturated carbocycles. The summed E-state index contributed by atoms with van der Waals surface area (Å²) in [6, 6.07) is 10.4. The number of hydrogen-bond acceptors (Lipinski definition) is 5. The minimum atomic E-state index is -0.544. The van der Waals surface area contributed by atoms with Gasteiger partial charge in [0.1, 0.15) is 34.4 Å². The molecular formula is C25H23F3N4S. The second-order valence-corrected chi connectivity index (χ2v) is 9.62. The lowest BCUT2D eigenvalue weighted by atomic mass is 10.0. The van der Waals surface area contributed by atoms with Crippen LogP contribution in [-0.4, -0.2) is 34.0 Å². The van der Waals surface area contributed by atoms with Crippen LogP contribution in [0.2, 0.25) is 0 Å². The Morgan fingerprint density at radius 2 is 1.67 bits per heavy atom. The topological polar surface area (TPSA) is 41.1 Å². The minimum Gasteiger partial charge on any atom is -0.367 e. The van der Waals surface area contributed by atoms with Crippen molar-refractivity contribution in [1.82, 2.24) is 14.9 Å². The smallest absolute Gasteiger partial charge is 0.139 e. The summed E-state index contributed by atoms with van der Waals surface area (Å²) in [7, 11) is 0. The van der Waals surface area contributed by atoms with Crippen LogP contribution in [0, 0.1) is 24.4 Å². The zero-order chi connectivity index (χ0) is 22.9. The van der Waals surface area contributed by atoms with Crippen molar-refractivity contribution in [3.63, 3.8) is 0 Å². The first-order valence-electron chi connectivity index (χ1n) is 10.9. The SMILES string of the molecule is Cc1sc2ncnc(NC3CCN(Cc4cc(F)cc(F)c4)CC3)c2c1-c1ccc(F)cc1. The normalized spacial score (nSPS) is 15.3. The quantitative estimate of drug-likeness (QED) is 0.381. The van der Waals surface area contributed by atoms with Gasteiger partial charge in [-0.1, -0.05) is 12.1 Å². The molecule has 0 bridgehead atoms. The third kappa shape index (κ3) is 4.72. The van der Waals surface area contributed by atoms with Crippen molar-refractivity contribution in [2.24, 2.45) is 0 Å². The third-order valence-electron chi connectivity index (χ3n) is 6.05. The molecule has 0 radical (unpaired) electrons. The Balaban J connectivity index is 1.32. The lowest BCUT2D eigenvalue weighted by Crippen LogP contribution is -2.38. The molecule has 1 saturated heterocycles. The van der Waals surface area contributed by atoms with Gasteiger partial charge in [-0.3, -0.25) is 4.90 Å². The van der Waals surface area contributed by atoms with Crippen molar-refractivity contribution in [3.05, 3.63) is 76.7 Å². The fourth-order valence-electron chi connectivity index (χ4n) is 4.51. The number of anilines is 1. The summed E-state index contributed by atoms with van der Waals surface area (Å²) in [6.45, 7) is 4.20. The highest BCUT2D eigenvalue weighted by Crippen LogP contribution is 2.40. The van der Waals surface area contributed by atoms with Crippen LogP contribution in [0.5, 0.6) is 0 Å². The van der Waals surface area contributed by atoms with Crippen molar-refractivity contribution >= 4 is 27.4 Å². The molecule has 0 amide bonds. The second kappa shape index (κ2) is 9.11. The van der Waals surface area contributed by atoms with Gasteiger partial charge in [-0.2, -0.15) is 0 Å². The first-order chi connectivity index (χ1) is 16.0. The molecule has 0 atom stereocenters. The van der Waals surface area contributed by atoms with Gasteiger partial charge >= 0.3 is 0 Å². The molecule has 4 aromatic rings. The second-order valence-electron chi connectivity index (χ2n) is 8.42. The van der Waals surface area contributed by atoms with Gasteiger partial charge in [0, 0.05) is 42.2 Å². The predicted molar refractivity (Wildman–Crippen MR) is 126 cm³/mol. The number of rotatable bonds is 5. The first kappa shape index (κ1) is 21.9. The average Bonchev–Trinajstić information content (AvgIpc) is 3.12. The summed E-state index contributed by atoms with van der Waals surface area (Å²) in [6.07, 6.45) is 3.35. The molecule has 1 fully saturated rings. The maximum atomic E-state index is 13.5. The van der Waals surface area contributed by atoms with E-state index < -0.39 is 11.6 Å². The van der Waals surface area contributed by atoms with Gasteiger partial charge < -0.3 is 5.32 Å². The molecule has 170 valence electrons. The highest BCUT2D eigenvalue weighted by molar-refractivity contribution is 7.19. The molecule has 2 aromatic heterocycles. The summed E-state index contributed by atoms with van der Waals surface area (Å²) < 4.78 is 40.4. The van der Waals surface area contributed by atoms with Gasteiger partial charge in [0.05, 0.1) is 5.39 Å². The number of aryl methyl sites for hydroxylation is 1. The van der Waals surface area contributed by atoms with Crippen molar-refractivity contribution < 1.29 is 13.2 Å². The van der Waals surface area contributed by atoms with Gasteiger partial charge in [0.25, 0.3) is 0 Å². The summed E-state index contributed by atoms with van der Waals surface area (Å²) >= 11 is 1.60. The van der Waals surface area contributed by atoms with E-state index in [2.05, 4.69) is 20.2 Å². The van der Waals surface area contributed by atoms with Crippen molar-refractivity contribution in [2.75, 3.05) is 18.4 Å². The summed E-state index contributed by atoms with van der Waals surface area (Å²) in [5.41, 5.74) is 2.62. The molecule has 1 aliphatic heterocycles. The van der Waals surface area contributed by atoms with Crippen LogP contribution in [0.4, 0.5) is 19.0 Å². The highest BCUT2D eigenvalue weighted by Gasteiger charge is 2.23. The fraction of sp³-hybridized carbons (Fsp3) is 0.280. The van der Waals surface area contributed by atoms with Gasteiger partial charge in [-0.15, -0.1) is 11.3 Å². The number of aromatic nitrogens is 2. The van der Waals surface area contributed by atoms with Crippen molar-refractivity contribution in [3.8, 4) is 11.1 Å². The minimum absolute atomic E-state index is 0.227. The number of nitrogens with zero attached hydrogens (tertiary/aromatic N) is 3. The van der Waals surface area contributed by atoms with Crippen molar-refractivity contribution in [1.29, 1.82) is 0 Å². The third-order valence-corrected chi connectivity index (χ3v) is 7.07. The van der Waals surface area contributed by atoms with E-state index in [9.17, 15) is 13.2 Å². The van der Waals surface area contributed by atoms with Crippen LogP contribution in [0.25, 0.3) is 21.3 Å². The number of halogens is 3. The maximum absolute atomic E-state index is 13.5. The Bertz CT molecular complexity index is 1260. The Hall–Kier alpha value is -2.97. The molecule has 5 rings (SSSR count). The van der Waals surface area contributed by atoms with Gasteiger partial charge in [-0.25, -0.2) is 23.1 Å². The van der Waals surface area contributed by atoms with Crippen molar-refractivity contribution in [2.45, 2.75) is 32.4 Å². The molecule has 0 unspecified atom stereocenters. The molecule has 8 heteroatoms. The number of likely N-dealkylation sites (tertiary alicyclic amines) is 1. The van der Waals surface area contributed by atoms with Crippen LogP contribution in [0.3, 0.4) is 0 Å². The number of nitrogens with one attached hydrogen (secondary N) is 1. The first-order valence-corrected chi connectivity index (χ1v) is 11.7. The van der Waals surface area contributed by atoms with Crippen LogP contribution in [0.1, 0.15) is 23.3 Å². The highest BCUT2D eigenvalue weighted by atomic mass is 32.1. The Kier molecular flexibility index (Phi) is 6.03. The van der Waals surface area contributed by atoms with E-state index in [1.54, 1.807) is 29.8 Å². The van der Waals surface area contributed by atoms with Gasteiger partial charge in [0.15, 0.2) is 0 Å². The summed E-state index contributed by atoms with van der Waals surface area (Å²) in [4.78, 5) is 13.2. The molecule has 4 nitrogen and oxygen atoms in total. The lowest BCUT2D eigenvalue weighted by Gasteiger charge is -2.32. The molecular weight excluding hydrogens is 445 g/mol. The van der Waals surface area contributed by atoms with Crippen LogP contribution < -0.4 is 5.32 Å². The largest absolute Gasteiger partial charge is 0.367 e. The summed E-state index contributed by atoms with van der Waals surface area (Å²) in [5, 5.41) is 4.56. The number of hydrogen-bond donors (Lipinski definition) is 1. The molecule has 0 aliphatic carbocycles. The standard InChI is InChI=1S/C25H23F3N4S/c1-15-22(17-2-4-18(26)5-3-17)23-24(29-14-30-25(23)33-15)31-21-6-8-32(9-7-21)13-16-10-19(27)12-20(28)11-16/h2-5,10-12,14,21H,6-9,13H2,1H3,(H,29,30,31). The molecule has 2 aromatic carbocycles. The monoisotopic (exact) mass is 468 g/mol.